The van der Waals surface area contributed by atoms with Crippen LogP contribution in [0.2, 0.25) is 0 Å². The van der Waals surface area contributed by atoms with E-state index in [1.54, 1.807) is 12.4 Å². The van der Waals surface area contributed by atoms with Crippen molar-refractivity contribution in [3.05, 3.63) is 67.0 Å². The minimum Gasteiger partial charge on any atom is -0.338 e. The van der Waals surface area contributed by atoms with E-state index in [2.05, 4.69) is 49.6 Å². The maximum atomic E-state index is 4.69. The largest absolute Gasteiger partial charge is 0.338 e. The fourth-order valence-corrected chi connectivity index (χ4v) is 2.59. The number of H-pyrrole nitrogens is 1. The van der Waals surface area contributed by atoms with Gasteiger partial charge in [0.25, 0.3) is 0 Å². The first-order valence-corrected chi connectivity index (χ1v) is 7.19. The lowest BCUT2D eigenvalue weighted by atomic mass is 10.1. The second-order valence-electron chi connectivity index (χ2n) is 5.29. The lowest BCUT2D eigenvalue weighted by Gasteiger charge is -2.13. The number of hydrogen-bond donors (Lipinski definition) is 1. The SMILES string of the molecule is CC(c1ccc2[nH]c(-c3cccnc3)nc2c1)n1ccnc1. The molecule has 0 aliphatic heterocycles. The topological polar surface area (TPSA) is 59.4 Å². The molecule has 0 amide bonds. The van der Waals surface area contributed by atoms with E-state index in [1.807, 2.05) is 30.9 Å². The summed E-state index contributed by atoms with van der Waals surface area (Å²) in [4.78, 5) is 16.3. The lowest BCUT2D eigenvalue weighted by Crippen LogP contribution is -2.03. The van der Waals surface area contributed by atoms with Crippen LogP contribution in [0.4, 0.5) is 0 Å². The van der Waals surface area contributed by atoms with Gasteiger partial charge < -0.3 is 9.55 Å². The third-order valence-corrected chi connectivity index (χ3v) is 3.90. The summed E-state index contributed by atoms with van der Waals surface area (Å²) < 4.78 is 2.08. The van der Waals surface area contributed by atoms with Crippen molar-refractivity contribution in [1.29, 1.82) is 0 Å². The Labute approximate surface area is 127 Å². The van der Waals surface area contributed by atoms with Crippen LogP contribution in [0.25, 0.3) is 22.4 Å². The van der Waals surface area contributed by atoms with Crippen LogP contribution in [0.5, 0.6) is 0 Å². The molecular formula is C17H15N5. The van der Waals surface area contributed by atoms with Gasteiger partial charge in [-0.3, -0.25) is 4.98 Å². The molecule has 108 valence electrons. The Balaban J connectivity index is 1.75. The second kappa shape index (κ2) is 5.11. The Morgan fingerprint density at radius 1 is 1.14 bits per heavy atom. The average Bonchev–Trinajstić information content (AvgIpc) is 3.23. The molecule has 1 unspecified atom stereocenters. The summed E-state index contributed by atoms with van der Waals surface area (Å²) in [5, 5.41) is 0. The summed E-state index contributed by atoms with van der Waals surface area (Å²) in [6, 6.07) is 10.5. The van der Waals surface area contributed by atoms with Crippen LogP contribution in [-0.2, 0) is 0 Å². The van der Waals surface area contributed by atoms with Gasteiger partial charge in [0.15, 0.2) is 0 Å². The maximum Gasteiger partial charge on any atom is 0.140 e. The molecule has 3 aromatic heterocycles. The molecule has 22 heavy (non-hydrogen) atoms. The van der Waals surface area contributed by atoms with Gasteiger partial charge in [0.2, 0.25) is 0 Å². The first-order valence-electron chi connectivity index (χ1n) is 7.19. The minimum atomic E-state index is 0.227. The first kappa shape index (κ1) is 12.8. The van der Waals surface area contributed by atoms with Crippen molar-refractivity contribution in [3.63, 3.8) is 0 Å². The van der Waals surface area contributed by atoms with Crippen LogP contribution in [0.3, 0.4) is 0 Å². The summed E-state index contributed by atoms with van der Waals surface area (Å²) in [5.41, 5.74) is 4.18. The van der Waals surface area contributed by atoms with E-state index in [4.69, 9.17) is 0 Å². The molecule has 0 fully saturated rings. The van der Waals surface area contributed by atoms with Crippen molar-refractivity contribution in [3.8, 4) is 11.4 Å². The van der Waals surface area contributed by atoms with Crippen molar-refractivity contribution in [1.82, 2.24) is 24.5 Å². The number of benzene rings is 1. The second-order valence-corrected chi connectivity index (χ2v) is 5.29. The van der Waals surface area contributed by atoms with Crippen molar-refractivity contribution in [2.24, 2.45) is 0 Å². The van der Waals surface area contributed by atoms with Gasteiger partial charge in [-0.15, -0.1) is 0 Å². The molecule has 0 saturated heterocycles. The monoisotopic (exact) mass is 289 g/mol. The van der Waals surface area contributed by atoms with Gasteiger partial charge in [-0.1, -0.05) is 6.07 Å². The normalized spacial score (nSPS) is 12.6. The number of nitrogens with zero attached hydrogens (tertiary/aromatic N) is 4. The molecule has 1 aromatic carbocycles. The Morgan fingerprint density at radius 2 is 2.09 bits per heavy atom. The van der Waals surface area contributed by atoms with Gasteiger partial charge in [-0.25, -0.2) is 9.97 Å². The fourth-order valence-electron chi connectivity index (χ4n) is 2.59. The number of imidazole rings is 2. The zero-order valence-electron chi connectivity index (χ0n) is 12.1. The third kappa shape index (κ3) is 2.16. The van der Waals surface area contributed by atoms with Crippen LogP contribution >= 0.6 is 0 Å². The number of aromatic nitrogens is 5. The smallest absolute Gasteiger partial charge is 0.140 e. The van der Waals surface area contributed by atoms with E-state index in [9.17, 15) is 0 Å². The molecule has 0 radical (unpaired) electrons. The highest BCUT2D eigenvalue weighted by Gasteiger charge is 2.10. The van der Waals surface area contributed by atoms with Gasteiger partial charge in [-0.2, -0.15) is 0 Å². The Bertz CT molecular complexity index is 893. The van der Waals surface area contributed by atoms with Crippen LogP contribution in [0, 0.1) is 0 Å². The predicted octanol–water partition coefficient (Wildman–Crippen LogP) is 3.43. The summed E-state index contributed by atoms with van der Waals surface area (Å²) in [7, 11) is 0. The molecule has 0 aliphatic rings. The van der Waals surface area contributed by atoms with E-state index in [0.29, 0.717) is 0 Å². The highest BCUT2D eigenvalue weighted by molar-refractivity contribution is 5.80. The lowest BCUT2D eigenvalue weighted by molar-refractivity contribution is 0.639. The number of rotatable bonds is 3. The standard InChI is InChI=1S/C17H15N5/c1-12(22-8-7-19-11-22)13-4-5-15-16(9-13)21-17(20-15)14-3-2-6-18-10-14/h2-12H,1H3,(H,20,21). The zero-order valence-corrected chi connectivity index (χ0v) is 12.1. The molecule has 0 bridgehead atoms. The first-order chi connectivity index (χ1) is 10.8. The zero-order chi connectivity index (χ0) is 14.9. The molecule has 3 heterocycles. The van der Waals surface area contributed by atoms with E-state index >= 15 is 0 Å². The Kier molecular flexibility index (Phi) is 2.96. The van der Waals surface area contributed by atoms with Crippen molar-refractivity contribution < 1.29 is 0 Å². The van der Waals surface area contributed by atoms with Gasteiger partial charge in [0.05, 0.1) is 23.4 Å². The fraction of sp³-hybridized carbons (Fsp3) is 0.118. The van der Waals surface area contributed by atoms with Crippen LogP contribution in [0.15, 0.2) is 61.4 Å². The van der Waals surface area contributed by atoms with Crippen molar-refractivity contribution >= 4 is 11.0 Å². The third-order valence-electron chi connectivity index (χ3n) is 3.90. The highest BCUT2D eigenvalue weighted by Crippen LogP contribution is 2.24. The Morgan fingerprint density at radius 3 is 2.86 bits per heavy atom. The number of hydrogen-bond acceptors (Lipinski definition) is 3. The summed E-state index contributed by atoms with van der Waals surface area (Å²) in [6.45, 7) is 2.15. The quantitative estimate of drug-likeness (QED) is 0.628. The van der Waals surface area contributed by atoms with Gasteiger partial charge in [0, 0.05) is 30.4 Å². The van der Waals surface area contributed by atoms with Crippen molar-refractivity contribution in [2.45, 2.75) is 13.0 Å². The molecular weight excluding hydrogens is 274 g/mol. The summed E-state index contributed by atoms with van der Waals surface area (Å²) in [5.74, 6) is 0.843. The number of fused-ring (bicyclic) bond motifs is 1. The number of aromatic amines is 1. The van der Waals surface area contributed by atoms with E-state index in [0.717, 1.165) is 22.4 Å². The Hall–Kier alpha value is -2.95. The molecule has 5 nitrogen and oxygen atoms in total. The minimum absolute atomic E-state index is 0.227. The predicted molar refractivity (Wildman–Crippen MR) is 85.4 cm³/mol. The van der Waals surface area contributed by atoms with Crippen molar-refractivity contribution in [2.75, 3.05) is 0 Å². The summed E-state index contributed by atoms with van der Waals surface area (Å²) >= 11 is 0. The molecule has 0 spiro atoms. The summed E-state index contributed by atoms with van der Waals surface area (Å²) in [6.07, 6.45) is 9.18. The molecule has 4 aromatic rings. The van der Waals surface area contributed by atoms with Crippen LogP contribution in [-0.4, -0.2) is 24.5 Å². The number of nitrogens with one attached hydrogen (secondary N) is 1. The molecule has 4 rings (SSSR count). The highest BCUT2D eigenvalue weighted by atomic mass is 15.0. The van der Waals surface area contributed by atoms with E-state index < -0.39 is 0 Å². The molecule has 5 heteroatoms. The maximum absolute atomic E-state index is 4.69. The van der Waals surface area contributed by atoms with Crippen LogP contribution < -0.4 is 0 Å². The van der Waals surface area contributed by atoms with Gasteiger partial charge >= 0.3 is 0 Å². The van der Waals surface area contributed by atoms with Crippen LogP contribution in [0.1, 0.15) is 18.5 Å². The van der Waals surface area contributed by atoms with E-state index in [1.165, 1.54) is 5.56 Å². The van der Waals surface area contributed by atoms with Gasteiger partial charge in [0.1, 0.15) is 5.82 Å². The molecule has 0 aliphatic carbocycles. The number of pyridine rings is 1. The molecule has 0 saturated carbocycles. The van der Waals surface area contributed by atoms with E-state index in [-0.39, 0.29) is 6.04 Å². The average molecular weight is 289 g/mol. The molecule has 1 N–H and O–H groups in total. The molecule has 1 atom stereocenters. The van der Waals surface area contributed by atoms with Gasteiger partial charge in [-0.05, 0) is 36.8 Å².